The van der Waals surface area contributed by atoms with E-state index in [2.05, 4.69) is 34.5 Å². The van der Waals surface area contributed by atoms with Gasteiger partial charge in [-0.15, -0.1) is 12.4 Å². The fraction of sp³-hybridized carbons (Fsp3) is 0.455. The molecule has 1 aromatic rings. The van der Waals surface area contributed by atoms with Crippen LogP contribution in [0.5, 0.6) is 0 Å². The third-order valence-electron chi connectivity index (χ3n) is 2.59. The minimum Gasteiger partial charge on any atom is -0.370 e. The van der Waals surface area contributed by atoms with Gasteiger partial charge in [0.1, 0.15) is 0 Å². The lowest BCUT2D eigenvalue weighted by Crippen LogP contribution is -2.20. The highest BCUT2D eigenvalue weighted by Crippen LogP contribution is 2.29. The number of rotatable bonds is 1. The molecule has 0 radical (unpaired) electrons. The maximum Gasteiger partial charge on any atom is 0.183 e. The number of aromatic nitrogens is 1. The molecule has 0 saturated carbocycles. The van der Waals surface area contributed by atoms with Gasteiger partial charge >= 0.3 is 0 Å². The number of nitrogens with two attached hydrogens (primary N) is 2. The maximum absolute atomic E-state index is 6.06. The van der Waals surface area contributed by atoms with Crippen molar-refractivity contribution in [2.24, 2.45) is 11.5 Å². The zero-order valence-corrected chi connectivity index (χ0v) is 10.8. The standard InChI is InChI=1S/C10H14N2.CH5N3.ClH/c1-12-7-3-5-10(12)9-4-2-6-11-8-9;2-1(3)4;/h2,4,6,8,10H,3,5,7H2,1H3;(H5,2,3,4);1H. The fourth-order valence-corrected chi connectivity index (χ4v) is 1.90. The van der Waals surface area contributed by atoms with Crippen molar-refractivity contribution < 1.29 is 0 Å². The van der Waals surface area contributed by atoms with E-state index in [-0.39, 0.29) is 18.4 Å². The van der Waals surface area contributed by atoms with Crippen LogP contribution in [0.3, 0.4) is 0 Å². The van der Waals surface area contributed by atoms with Gasteiger partial charge in [0.2, 0.25) is 0 Å². The van der Waals surface area contributed by atoms with E-state index in [0.717, 1.165) is 0 Å². The number of hydrogen-bond acceptors (Lipinski definition) is 3. The zero-order valence-electron chi connectivity index (χ0n) is 9.97. The summed E-state index contributed by atoms with van der Waals surface area (Å²) in [7, 11) is 2.19. The number of hydrogen-bond donors (Lipinski definition) is 3. The lowest BCUT2D eigenvalue weighted by molar-refractivity contribution is 0.317. The van der Waals surface area contributed by atoms with Crippen molar-refractivity contribution in [2.45, 2.75) is 18.9 Å². The van der Waals surface area contributed by atoms with Crippen molar-refractivity contribution in [1.29, 1.82) is 5.41 Å². The van der Waals surface area contributed by atoms with E-state index in [1.54, 1.807) is 0 Å². The van der Waals surface area contributed by atoms with E-state index in [1.807, 2.05) is 18.5 Å². The lowest BCUT2D eigenvalue weighted by atomic mass is 10.1. The largest absolute Gasteiger partial charge is 0.370 e. The molecule has 2 rings (SSSR count). The first kappa shape index (κ1) is 15.7. The van der Waals surface area contributed by atoms with Crippen LogP contribution in [0, 0.1) is 5.41 Å². The molecule has 17 heavy (non-hydrogen) atoms. The van der Waals surface area contributed by atoms with E-state index < -0.39 is 0 Å². The van der Waals surface area contributed by atoms with Crippen molar-refractivity contribution in [3.05, 3.63) is 30.1 Å². The van der Waals surface area contributed by atoms with E-state index >= 15 is 0 Å². The Labute approximate surface area is 108 Å². The van der Waals surface area contributed by atoms with Crippen LogP contribution in [0.1, 0.15) is 24.4 Å². The summed E-state index contributed by atoms with van der Waals surface area (Å²) >= 11 is 0. The van der Waals surface area contributed by atoms with Crippen molar-refractivity contribution in [1.82, 2.24) is 9.88 Å². The first-order chi connectivity index (χ1) is 7.61. The van der Waals surface area contributed by atoms with Gasteiger partial charge in [-0.1, -0.05) is 6.07 Å². The molecule has 96 valence electrons. The molecule has 5 N–H and O–H groups in total. The molecule has 5 nitrogen and oxygen atoms in total. The van der Waals surface area contributed by atoms with Crippen LogP contribution in [0.2, 0.25) is 0 Å². The Kier molecular flexibility index (Phi) is 7.25. The monoisotopic (exact) mass is 257 g/mol. The van der Waals surface area contributed by atoms with Gasteiger partial charge in [0.25, 0.3) is 0 Å². The van der Waals surface area contributed by atoms with Crippen molar-refractivity contribution in [2.75, 3.05) is 13.6 Å². The average molecular weight is 258 g/mol. The first-order valence-corrected chi connectivity index (χ1v) is 5.31. The number of halogens is 1. The van der Waals surface area contributed by atoms with Gasteiger partial charge in [0.05, 0.1) is 0 Å². The van der Waals surface area contributed by atoms with Crippen molar-refractivity contribution >= 4 is 18.4 Å². The molecular formula is C11H20ClN5. The summed E-state index contributed by atoms with van der Waals surface area (Å²) in [6.07, 6.45) is 6.41. The summed E-state index contributed by atoms with van der Waals surface area (Å²) in [6.45, 7) is 1.22. The molecule has 0 spiro atoms. The van der Waals surface area contributed by atoms with E-state index in [4.69, 9.17) is 5.41 Å². The highest BCUT2D eigenvalue weighted by molar-refractivity contribution is 5.85. The summed E-state index contributed by atoms with van der Waals surface area (Å²) < 4.78 is 0. The molecule has 1 saturated heterocycles. The molecule has 0 aliphatic carbocycles. The second-order valence-corrected chi connectivity index (χ2v) is 3.88. The summed E-state index contributed by atoms with van der Waals surface area (Å²) in [4.78, 5) is 6.54. The minimum absolute atomic E-state index is 0. The van der Waals surface area contributed by atoms with Crippen LogP contribution in [0.25, 0.3) is 0 Å². The highest BCUT2D eigenvalue weighted by Gasteiger charge is 2.21. The van der Waals surface area contributed by atoms with Crippen molar-refractivity contribution in [3.63, 3.8) is 0 Å². The van der Waals surface area contributed by atoms with Crippen LogP contribution in [-0.4, -0.2) is 29.4 Å². The Bertz CT molecular complexity index is 326. The normalized spacial score (nSPS) is 18.8. The van der Waals surface area contributed by atoms with Gasteiger partial charge in [-0.25, -0.2) is 0 Å². The molecular weight excluding hydrogens is 238 g/mol. The molecule has 1 aliphatic heterocycles. The summed E-state index contributed by atoms with van der Waals surface area (Å²) in [5, 5.41) is 6.06. The predicted octanol–water partition coefficient (Wildman–Crippen LogP) is 1.11. The first-order valence-electron chi connectivity index (χ1n) is 5.31. The van der Waals surface area contributed by atoms with Crippen LogP contribution < -0.4 is 11.5 Å². The molecule has 0 aromatic carbocycles. The number of guanidine groups is 1. The van der Waals surface area contributed by atoms with Gasteiger partial charge < -0.3 is 11.5 Å². The summed E-state index contributed by atoms with van der Waals surface area (Å²) in [6, 6.07) is 4.79. The second-order valence-electron chi connectivity index (χ2n) is 3.88. The Morgan fingerprint density at radius 2 is 2.18 bits per heavy atom. The van der Waals surface area contributed by atoms with Crippen LogP contribution in [-0.2, 0) is 0 Å². The highest BCUT2D eigenvalue weighted by atomic mass is 35.5. The third-order valence-corrected chi connectivity index (χ3v) is 2.59. The van der Waals surface area contributed by atoms with Gasteiger partial charge in [0, 0.05) is 18.4 Å². The van der Waals surface area contributed by atoms with Gasteiger partial charge in [-0.05, 0) is 38.1 Å². The Morgan fingerprint density at radius 1 is 1.53 bits per heavy atom. The molecule has 6 heteroatoms. The molecule has 0 bridgehead atoms. The topological polar surface area (TPSA) is 92.0 Å². The Hall–Kier alpha value is -1.33. The van der Waals surface area contributed by atoms with Crippen LogP contribution in [0.4, 0.5) is 0 Å². The lowest BCUT2D eigenvalue weighted by Gasteiger charge is -2.18. The average Bonchev–Trinajstić information content (AvgIpc) is 2.65. The number of nitrogens with zero attached hydrogens (tertiary/aromatic N) is 2. The smallest absolute Gasteiger partial charge is 0.183 e. The van der Waals surface area contributed by atoms with E-state index in [0.29, 0.717) is 6.04 Å². The van der Waals surface area contributed by atoms with Gasteiger partial charge in [-0.3, -0.25) is 15.3 Å². The zero-order chi connectivity index (χ0) is 12.0. The van der Waals surface area contributed by atoms with Gasteiger partial charge in [-0.2, -0.15) is 0 Å². The minimum atomic E-state index is -0.333. The molecule has 1 fully saturated rings. The fourth-order valence-electron chi connectivity index (χ4n) is 1.90. The van der Waals surface area contributed by atoms with Gasteiger partial charge in [0.15, 0.2) is 5.96 Å². The Morgan fingerprint density at radius 3 is 2.59 bits per heavy atom. The second kappa shape index (κ2) is 7.86. The number of pyridine rings is 1. The molecule has 1 aromatic heterocycles. The predicted molar refractivity (Wildman–Crippen MR) is 72.2 cm³/mol. The summed E-state index contributed by atoms with van der Waals surface area (Å²) in [5.41, 5.74) is 10.3. The van der Waals surface area contributed by atoms with E-state index in [9.17, 15) is 0 Å². The third kappa shape index (κ3) is 5.51. The molecule has 1 aliphatic rings. The van der Waals surface area contributed by atoms with Crippen LogP contribution in [0.15, 0.2) is 24.5 Å². The Balaban J connectivity index is 0.000000453. The molecule has 1 unspecified atom stereocenters. The quantitative estimate of drug-likeness (QED) is 0.519. The number of likely N-dealkylation sites (tertiary alicyclic amines) is 1. The maximum atomic E-state index is 6.06. The van der Waals surface area contributed by atoms with Crippen molar-refractivity contribution in [3.8, 4) is 0 Å². The van der Waals surface area contributed by atoms with E-state index in [1.165, 1.54) is 24.9 Å². The molecule has 1 atom stereocenters. The summed E-state index contributed by atoms with van der Waals surface area (Å²) in [5.74, 6) is -0.333. The van der Waals surface area contributed by atoms with Crippen LogP contribution >= 0.6 is 12.4 Å². The number of nitrogens with one attached hydrogen (secondary N) is 1. The SMILES string of the molecule is CN1CCCC1c1cccnc1.Cl.N=C(N)N. The molecule has 2 heterocycles. The molecule has 0 amide bonds.